The topological polar surface area (TPSA) is 79.8 Å². The second-order valence-electron chi connectivity index (χ2n) is 5.01. The lowest BCUT2D eigenvalue weighted by Crippen LogP contribution is -1.98. The van der Waals surface area contributed by atoms with Crippen molar-refractivity contribution in [1.29, 1.82) is 0 Å². The molecule has 23 heavy (non-hydrogen) atoms. The number of hydrogen-bond acceptors (Lipinski definition) is 5. The normalized spacial score (nSPS) is 12.6. The fraction of sp³-hybridized carbons (Fsp3) is 0.0625. The Labute approximate surface area is 135 Å². The molecule has 2 heterocycles. The van der Waals surface area contributed by atoms with Crippen LogP contribution in [0.2, 0.25) is 0 Å². The van der Waals surface area contributed by atoms with Gasteiger partial charge in [-0.3, -0.25) is 4.57 Å². The van der Waals surface area contributed by atoms with Crippen LogP contribution in [0.3, 0.4) is 0 Å². The van der Waals surface area contributed by atoms with E-state index in [0.717, 1.165) is 27.2 Å². The van der Waals surface area contributed by atoms with Crippen molar-refractivity contribution in [3.63, 3.8) is 0 Å². The Kier molecular flexibility index (Phi) is 3.36. The van der Waals surface area contributed by atoms with E-state index in [4.69, 9.17) is 4.42 Å². The Morgan fingerprint density at radius 3 is 2.65 bits per heavy atom. The molecule has 1 unspecified atom stereocenters. The predicted octanol–water partition coefficient (Wildman–Crippen LogP) is 2.81. The molecule has 4 rings (SSSR count). The van der Waals surface area contributed by atoms with E-state index < -0.39 is 11.2 Å². The van der Waals surface area contributed by atoms with Crippen LogP contribution in [-0.4, -0.2) is 30.6 Å². The summed E-state index contributed by atoms with van der Waals surface area (Å²) in [7, 11) is 0. The maximum atomic E-state index is 11.5. The van der Waals surface area contributed by atoms with Crippen molar-refractivity contribution in [3.05, 3.63) is 55.2 Å². The van der Waals surface area contributed by atoms with Crippen LogP contribution in [0.5, 0.6) is 0 Å². The minimum absolute atomic E-state index is 0.469. The van der Waals surface area contributed by atoms with Crippen molar-refractivity contribution in [2.45, 2.75) is 4.90 Å². The van der Waals surface area contributed by atoms with Gasteiger partial charge in [-0.1, -0.05) is 0 Å². The molecule has 0 aliphatic heterocycles. The van der Waals surface area contributed by atoms with Crippen molar-refractivity contribution in [2.24, 2.45) is 0 Å². The monoisotopic (exact) mass is 324 g/mol. The van der Waals surface area contributed by atoms with E-state index in [2.05, 4.69) is 15.2 Å². The first-order valence-corrected chi connectivity index (χ1v) is 8.46. The molecular weight excluding hydrogens is 312 g/mol. The van der Waals surface area contributed by atoms with Gasteiger partial charge in [-0.05, 0) is 53.6 Å². The summed E-state index contributed by atoms with van der Waals surface area (Å²) < 4.78 is 18.7. The lowest BCUT2D eigenvalue weighted by Gasteiger charge is -2.07. The van der Waals surface area contributed by atoms with Gasteiger partial charge in [-0.25, -0.2) is 4.98 Å². The molecule has 0 aliphatic rings. The van der Waals surface area contributed by atoms with E-state index in [1.54, 1.807) is 12.6 Å². The molecule has 0 amide bonds. The van der Waals surface area contributed by atoms with Crippen LogP contribution >= 0.6 is 0 Å². The van der Waals surface area contributed by atoms with Crippen molar-refractivity contribution in [1.82, 2.24) is 19.7 Å². The molecule has 2 aromatic carbocycles. The lowest BCUT2D eigenvalue weighted by molar-refractivity contribution is 0.568. The standard InChI is InChI=1S/C16H12N4O2S/c1-23(21)13-5-3-12(4-6-13)20-9-17-14-7-2-11(8-15(14)20)16-19-18-10-22-16/h2-10H,1H3. The van der Waals surface area contributed by atoms with Gasteiger partial charge in [0.25, 0.3) is 0 Å². The summed E-state index contributed by atoms with van der Waals surface area (Å²) in [5, 5.41) is 7.64. The summed E-state index contributed by atoms with van der Waals surface area (Å²) in [5.74, 6) is 0.469. The fourth-order valence-electron chi connectivity index (χ4n) is 2.44. The van der Waals surface area contributed by atoms with E-state index in [9.17, 15) is 4.55 Å². The van der Waals surface area contributed by atoms with Crippen molar-refractivity contribution < 1.29 is 8.97 Å². The predicted molar refractivity (Wildman–Crippen MR) is 86.7 cm³/mol. The second-order valence-corrected chi connectivity index (χ2v) is 6.39. The number of hydrogen-bond donors (Lipinski definition) is 0. The summed E-state index contributed by atoms with van der Waals surface area (Å²) in [6, 6.07) is 13.4. The van der Waals surface area contributed by atoms with Gasteiger partial charge in [0.1, 0.15) is 12.6 Å². The number of imidazole rings is 1. The third kappa shape index (κ3) is 2.49. The SMILES string of the molecule is C[S+]([O-])c1ccc(-n2cnc3ccc(-c4nnco4)cc32)cc1. The van der Waals surface area contributed by atoms with E-state index in [1.165, 1.54) is 6.39 Å². The number of benzene rings is 2. The van der Waals surface area contributed by atoms with E-state index in [0.29, 0.717) is 5.89 Å². The Morgan fingerprint density at radius 1 is 1.13 bits per heavy atom. The van der Waals surface area contributed by atoms with Gasteiger partial charge in [0, 0.05) is 11.3 Å². The zero-order chi connectivity index (χ0) is 15.8. The molecule has 0 spiro atoms. The molecule has 2 aromatic heterocycles. The maximum Gasteiger partial charge on any atom is 0.247 e. The molecule has 0 bridgehead atoms. The molecule has 114 valence electrons. The molecule has 0 radical (unpaired) electrons. The Morgan fingerprint density at radius 2 is 1.96 bits per heavy atom. The third-order valence-electron chi connectivity index (χ3n) is 3.60. The van der Waals surface area contributed by atoms with Crippen molar-refractivity contribution in [2.75, 3.05) is 6.26 Å². The van der Waals surface area contributed by atoms with Crippen LogP contribution < -0.4 is 0 Å². The fourth-order valence-corrected chi connectivity index (χ4v) is 2.96. The van der Waals surface area contributed by atoms with E-state index in [1.807, 2.05) is 47.0 Å². The van der Waals surface area contributed by atoms with Crippen molar-refractivity contribution >= 4 is 22.2 Å². The number of nitrogens with zero attached hydrogens (tertiary/aromatic N) is 4. The smallest absolute Gasteiger partial charge is 0.247 e. The van der Waals surface area contributed by atoms with Gasteiger partial charge >= 0.3 is 0 Å². The Bertz CT molecular complexity index is 946. The highest BCUT2D eigenvalue weighted by molar-refractivity contribution is 7.90. The van der Waals surface area contributed by atoms with Crippen LogP contribution in [-0.2, 0) is 11.2 Å². The first-order valence-electron chi connectivity index (χ1n) is 6.90. The maximum absolute atomic E-state index is 11.5. The number of rotatable bonds is 3. The second kappa shape index (κ2) is 5.53. The van der Waals surface area contributed by atoms with Gasteiger partial charge < -0.3 is 8.97 Å². The molecule has 0 fully saturated rings. The zero-order valence-corrected chi connectivity index (χ0v) is 13.0. The van der Waals surface area contributed by atoms with Crippen LogP contribution in [0, 0.1) is 0 Å². The zero-order valence-electron chi connectivity index (χ0n) is 12.2. The highest BCUT2D eigenvalue weighted by Crippen LogP contribution is 2.25. The summed E-state index contributed by atoms with van der Waals surface area (Å²) in [5.41, 5.74) is 3.59. The Balaban J connectivity index is 1.82. The first kappa shape index (κ1) is 14.0. The average molecular weight is 324 g/mol. The van der Waals surface area contributed by atoms with Gasteiger partial charge in [0.2, 0.25) is 12.3 Å². The lowest BCUT2D eigenvalue weighted by atomic mass is 10.2. The van der Waals surface area contributed by atoms with Gasteiger partial charge in [0.05, 0.1) is 11.0 Å². The van der Waals surface area contributed by atoms with Crippen LogP contribution in [0.25, 0.3) is 28.2 Å². The number of aromatic nitrogens is 4. The molecule has 7 heteroatoms. The number of fused-ring (bicyclic) bond motifs is 1. The quantitative estimate of drug-likeness (QED) is 0.541. The largest absolute Gasteiger partial charge is 0.612 e. The van der Waals surface area contributed by atoms with Crippen LogP contribution in [0.1, 0.15) is 0 Å². The molecule has 0 saturated heterocycles. The average Bonchev–Trinajstić information content (AvgIpc) is 3.24. The molecule has 6 nitrogen and oxygen atoms in total. The Hall–Kier alpha value is -2.64. The van der Waals surface area contributed by atoms with Gasteiger partial charge in [0.15, 0.2) is 4.90 Å². The van der Waals surface area contributed by atoms with E-state index >= 15 is 0 Å². The molecule has 4 aromatic rings. The van der Waals surface area contributed by atoms with Crippen molar-refractivity contribution in [3.8, 4) is 17.1 Å². The van der Waals surface area contributed by atoms with Crippen LogP contribution in [0.4, 0.5) is 0 Å². The summed E-state index contributed by atoms with van der Waals surface area (Å²) in [4.78, 5) is 5.21. The van der Waals surface area contributed by atoms with Gasteiger partial charge in [-0.2, -0.15) is 0 Å². The molecular formula is C16H12N4O2S. The summed E-state index contributed by atoms with van der Waals surface area (Å²) >= 11 is -0.988. The molecule has 1 atom stereocenters. The highest BCUT2D eigenvalue weighted by Gasteiger charge is 2.10. The highest BCUT2D eigenvalue weighted by atomic mass is 32.2. The first-order chi connectivity index (χ1) is 11.2. The minimum atomic E-state index is -0.988. The van der Waals surface area contributed by atoms with E-state index in [-0.39, 0.29) is 0 Å². The van der Waals surface area contributed by atoms with Gasteiger partial charge in [-0.15, -0.1) is 10.2 Å². The molecule has 0 N–H and O–H groups in total. The summed E-state index contributed by atoms with van der Waals surface area (Å²) in [6.07, 6.45) is 4.74. The van der Waals surface area contributed by atoms with Crippen LogP contribution in [0.15, 0.2) is 64.5 Å². The molecule has 0 saturated carbocycles. The summed E-state index contributed by atoms with van der Waals surface area (Å²) in [6.45, 7) is 0. The minimum Gasteiger partial charge on any atom is -0.612 e. The third-order valence-corrected chi connectivity index (χ3v) is 4.54. The molecule has 0 aliphatic carbocycles.